The van der Waals surface area contributed by atoms with E-state index < -0.39 is 6.04 Å². The molecule has 2 aromatic rings. The Hall–Kier alpha value is -2.62. The van der Waals surface area contributed by atoms with E-state index in [1.54, 1.807) is 4.90 Å². The number of nitrogens with one attached hydrogen (secondary N) is 1. The van der Waals surface area contributed by atoms with Gasteiger partial charge in [0.2, 0.25) is 11.8 Å². The van der Waals surface area contributed by atoms with Crippen molar-refractivity contribution >= 4 is 11.8 Å². The summed E-state index contributed by atoms with van der Waals surface area (Å²) in [5.41, 5.74) is 4.57. The Balaban J connectivity index is 2.16. The van der Waals surface area contributed by atoms with Gasteiger partial charge in [-0.05, 0) is 44.2 Å². The van der Waals surface area contributed by atoms with E-state index in [1.165, 1.54) is 11.1 Å². The molecule has 0 bridgehead atoms. The van der Waals surface area contributed by atoms with E-state index in [9.17, 15) is 9.59 Å². The highest BCUT2D eigenvalue weighted by molar-refractivity contribution is 5.87. The van der Waals surface area contributed by atoms with Crippen LogP contribution in [0.1, 0.15) is 55.4 Å². The van der Waals surface area contributed by atoms with Crippen LogP contribution in [0.3, 0.4) is 0 Å². The predicted octanol–water partition coefficient (Wildman–Crippen LogP) is 4.57. The minimum atomic E-state index is -0.451. The third kappa shape index (κ3) is 7.04. The molecule has 0 aliphatic rings. The molecule has 4 nitrogen and oxygen atoms in total. The highest BCUT2D eigenvalue weighted by Crippen LogP contribution is 2.16. The lowest BCUT2D eigenvalue weighted by molar-refractivity contribution is -0.141. The Kier molecular flexibility index (Phi) is 8.91. The molecule has 0 fully saturated rings. The van der Waals surface area contributed by atoms with Crippen molar-refractivity contribution in [3.8, 4) is 0 Å². The number of carbonyl (C=O) groups excluding carboxylic acids is 2. The van der Waals surface area contributed by atoms with Gasteiger partial charge < -0.3 is 10.2 Å². The molecular formula is C25H34N2O2. The monoisotopic (exact) mass is 394 g/mol. The molecule has 4 heteroatoms. The van der Waals surface area contributed by atoms with Crippen molar-refractivity contribution in [2.75, 3.05) is 6.54 Å². The fourth-order valence-electron chi connectivity index (χ4n) is 3.33. The molecule has 0 saturated carbocycles. The van der Waals surface area contributed by atoms with Gasteiger partial charge in [0.25, 0.3) is 0 Å². The first kappa shape index (κ1) is 22.7. The molecule has 0 spiro atoms. The lowest BCUT2D eigenvalue weighted by Crippen LogP contribution is -2.49. The second-order valence-electron chi connectivity index (χ2n) is 7.71. The largest absolute Gasteiger partial charge is 0.354 e. The van der Waals surface area contributed by atoms with E-state index in [1.807, 2.05) is 45.0 Å². The molecule has 0 heterocycles. The van der Waals surface area contributed by atoms with E-state index in [-0.39, 0.29) is 11.8 Å². The number of hydrogen-bond acceptors (Lipinski definition) is 2. The molecule has 1 N–H and O–H groups in total. The zero-order chi connectivity index (χ0) is 21.2. The Morgan fingerprint density at radius 2 is 1.45 bits per heavy atom. The molecule has 0 aliphatic heterocycles. The predicted molar refractivity (Wildman–Crippen MR) is 119 cm³/mol. The fraction of sp³-hybridized carbons (Fsp3) is 0.440. The van der Waals surface area contributed by atoms with E-state index in [2.05, 4.69) is 36.5 Å². The highest BCUT2D eigenvalue weighted by Gasteiger charge is 2.28. The zero-order valence-corrected chi connectivity index (χ0v) is 18.2. The van der Waals surface area contributed by atoms with Crippen molar-refractivity contribution in [2.45, 2.75) is 66.0 Å². The number of rotatable bonds is 10. The third-order valence-electron chi connectivity index (χ3n) is 5.16. The summed E-state index contributed by atoms with van der Waals surface area (Å²) in [7, 11) is 0. The van der Waals surface area contributed by atoms with Crippen molar-refractivity contribution in [1.82, 2.24) is 10.2 Å². The summed E-state index contributed by atoms with van der Waals surface area (Å²) in [5.74, 6) is -0.0465. The topological polar surface area (TPSA) is 49.4 Å². The highest BCUT2D eigenvalue weighted by atomic mass is 16.2. The van der Waals surface area contributed by atoms with E-state index in [0.29, 0.717) is 32.4 Å². The molecule has 0 radical (unpaired) electrons. The molecule has 0 saturated heterocycles. The van der Waals surface area contributed by atoms with E-state index in [4.69, 9.17) is 0 Å². The van der Waals surface area contributed by atoms with Crippen LogP contribution in [0.2, 0.25) is 0 Å². The van der Waals surface area contributed by atoms with Crippen molar-refractivity contribution in [3.05, 3.63) is 70.8 Å². The van der Waals surface area contributed by atoms with Crippen molar-refractivity contribution in [3.63, 3.8) is 0 Å². The van der Waals surface area contributed by atoms with Crippen LogP contribution >= 0.6 is 0 Å². The molecule has 2 aromatic carbocycles. The van der Waals surface area contributed by atoms with Crippen molar-refractivity contribution in [1.29, 1.82) is 0 Å². The SMILES string of the molecule is CCCNC(=O)C(CC)N(Cc1ccc(C)cc1)C(=O)CCc1ccc(C)cc1. The van der Waals surface area contributed by atoms with Gasteiger partial charge in [-0.2, -0.15) is 0 Å². The standard InChI is InChI=1S/C25H34N2O2/c1-5-17-26-25(29)23(6-2)27(18-22-13-9-20(4)10-14-22)24(28)16-15-21-11-7-19(3)8-12-21/h7-14,23H,5-6,15-18H2,1-4H3,(H,26,29). The van der Waals surface area contributed by atoms with Crippen LogP contribution < -0.4 is 5.32 Å². The first-order valence-corrected chi connectivity index (χ1v) is 10.6. The number of hydrogen-bond donors (Lipinski definition) is 1. The molecule has 156 valence electrons. The molecule has 1 atom stereocenters. The Morgan fingerprint density at radius 1 is 0.897 bits per heavy atom. The molecule has 0 aromatic heterocycles. The second-order valence-corrected chi connectivity index (χ2v) is 7.71. The van der Waals surface area contributed by atoms with Crippen LogP contribution in [0.5, 0.6) is 0 Å². The lowest BCUT2D eigenvalue weighted by atomic mass is 10.0. The minimum Gasteiger partial charge on any atom is -0.354 e. The number of amides is 2. The lowest BCUT2D eigenvalue weighted by Gasteiger charge is -2.31. The number of benzene rings is 2. The van der Waals surface area contributed by atoms with Crippen LogP contribution in [0.15, 0.2) is 48.5 Å². The van der Waals surface area contributed by atoms with Gasteiger partial charge in [0.05, 0.1) is 0 Å². The zero-order valence-electron chi connectivity index (χ0n) is 18.2. The third-order valence-corrected chi connectivity index (χ3v) is 5.16. The average molecular weight is 395 g/mol. The van der Waals surface area contributed by atoms with Crippen molar-refractivity contribution < 1.29 is 9.59 Å². The van der Waals surface area contributed by atoms with E-state index >= 15 is 0 Å². The minimum absolute atomic E-state index is 0.0182. The number of nitrogens with zero attached hydrogens (tertiary/aromatic N) is 1. The van der Waals surface area contributed by atoms with Crippen LogP contribution in [0.25, 0.3) is 0 Å². The molecule has 29 heavy (non-hydrogen) atoms. The second kappa shape index (κ2) is 11.4. The Bertz CT molecular complexity index is 781. The summed E-state index contributed by atoms with van der Waals surface area (Å²) in [6.45, 7) is 9.17. The maximum atomic E-state index is 13.2. The smallest absolute Gasteiger partial charge is 0.242 e. The number of aryl methyl sites for hydroxylation is 3. The first-order valence-electron chi connectivity index (χ1n) is 10.6. The Morgan fingerprint density at radius 3 is 1.97 bits per heavy atom. The Labute approximate surface area is 175 Å². The fourth-order valence-corrected chi connectivity index (χ4v) is 3.33. The van der Waals surface area contributed by atoms with Crippen LogP contribution in [-0.4, -0.2) is 29.3 Å². The van der Waals surface area contributed by atoms with Crippen molar-refractivity contribution in [2.24, 2.45) is 0 Å². The van der Waals surface area contributed by atoms with Crippen LogP contribution in [0.4, 0.5) is 0 Å². The first-order chi connectivity index (χ1) is 13.9. The van der Waals surface area contributed by atoms with Gasteiger partial charge in [-0.15, -0.1) is 0 Å². The van der Waals surface area contributed by atoms with Gasteiger partial charge in [-0.3, -0.25) is 9.59 Å². The molecule has 2 amide bonds. The number of carbonyl (C=O) groups is 2. The normalized spacial score (nSPS) is 11.7. The summed E-state index contributed by atoms with van der Waals surface area (Å²) in [5, 5.41) is 2.96. The molecular weight excluding hydrogens is 360 g/mol. The molecule has 2 rings (SSSR count). The van der Waals surface area contributed by atoms with Gasteiger partial charge in [0, 0.05) is 19.5 Å². The van der Waals surface area contributed by atoms with Gasteiger partial charge >= 0.3 is 0 Å². The summed E-state index contributed by atoms with van der Waals surface area (Å²) in [4.78, 5) is 27.7. The molecule has 0 aliphatic carbocycles. The van der Waals surface area contributed by atoms with Crippen LogP contribution in [-0.2, 0) is 22.6 Å². The van der Waals surface area contributed by atoms with Crippen LogP contribution in [0, 0.1) is 13.8 Å². The summed E-state index contributed by atoms with van der Waals surface area (Å²) in [6, 6.07) is 16.0. The van der Waals surface area contributed by atoms with Gasteiger partial charge in [-0.1, -0.05) is 73.5 Å². The van der Waals surface area contributed by atoms with Gasteiger partial charge in [-0.25, -0.2) is 0 Å². The molecule has 1 unspecified atom stereocenters. The quantitative estimate of drug-likeness (QED) is 0.642. The van der Waals surface area contributed by atoms with Gasteiger partial charge in [0.15, 0.2) is 0 Å². The maximum Gasteiger partial charge on any atom is 0.242 e. The van der Waals surface area contributed by atoms with E-state index in [0.717, 1.165) is 17.5 Å². The maximum absolute atomic E-state index is 13.2. The summed E-state index contributed by atoms with van der Waals surface area (Å²) < 4.78 is 0. The van der Waals surface area contributed by atoms with Gasteiger partial charge in [0.1, 0.15) is 6.04 Å². The average Bonchev–Trinajstić information content (AvgIpc) is 2.72. The summed E-state index contributed by atoms with van der Waals surface area (Å²) >= 11 is 0. The summed E-state index contributed by atoms with van der Waals surface area (Å²) in [6.07, 6.45) is 2.54.